The van der Waals surface area contributed by atoms with Crippen LogP contribution in [0.5, 0.6) is 0 Å². The fourth-order valence-electron chi connectivity index (χ4n) is 1.06. The van der Waals surface area contributed by atoms with Crippen molar-refractivity contribution in [2.45, 2.75) is 31.5 Å². The third-order valence-electron chi connectivity index (χ3n) is 1.97. The van der Waals surface area contributed by atoms with Gasteiger partial charge in [0.25, 0.3) is 0 Å². The van der Waals surface area contributed by atoms with E-state index in [-0.39, 0.29) is 18.3 Å². The number of aliphatic hydroxyl groups is 1. The van der Waals surface area contributed by atoms with E-state index in [1.165, 1.54) is 0 Å². The van der Waals surface area contributed by atoms with Crippen molar-refractivity contribution in [3.05, 3.63) is 0 Å². The highest BCUT2D eigenvalue weighted by molar-refractivity contribution is 5.01. The summed E-state index contributed by atoms with van der Waals surface area (Å²) >= 11 is 0. The summed E-state index contributed by atoms with van der Waals surface area (Å²) in [6.07, 6.45) is 6.70. The van der Waals surface area contributed by atoms with Gasteiger partial charge < -0.3 is 9.84 Å². The lowest BCUT2D eigenvalue weighted by atomic mass is 10.0. The molecule has 0 bridgehead atoms. The molecule has 0 unspecified atom stereocenters. The second-order valence-electron chi connectivity index (χ2n) is 2.81. The summed E-state index contributed by atoms with van der Waals surface area (Å²) < 4.78 is 5.21. The Labute approximate surface area is 61.2 Å². The quantitative estimate of drug-likeness (QED) is 0.458. The van der Waals surface area contributed by atoms with E-state index in [0.29, 0.717) is 0 Å². The molecule has 1 aliphatic heterocycles. The highest BCUT2D eigenvalue weighted by atomic mass is 16.6. The Balaban J connectivity index is 2.24. The lowest BCUT2D eigenvalue weighted by Crippen LogP contribution is -2.11. The number of rotatable bonds is 3. The molecule has 0 saturated carbocycles. The van der Waals surface area contributed by atoms with Crippen LogP contribution in [0.25, 0.3) is 0 Å². The molecule has 0 aromatic carbocycles. The van der Waals surface area contributed by atoms with Gasteiger partial charge in [0.1, 0.15) is 6.10 Å². The summed E-state index contributed by atoms with van der Waals surface area (Å²) in [4.78, 5) is 0. The van der Waals surface area contributed by atoms with Crippen LogP contribution in [0, 0.1) is 12.3 Å². The van der Waals surface area contributed by atoms with E-state index in [1.54, 1.807) is 0 Å². The van der Waals surface area contributed by atoms with Crippen LogP contribution >= 0.6 is 0 Å². The Morgan fingerprint density at radius 3 is 2.90 bits per heavy atom. The van der Waals surface area contributed by atoms with Crippen LogP contribution in [0.1, 0.15) is 19.8 Å². The molecule has 56 valence electrons. The van der Waals surface area contributed by atoms with E-state index in [9.17, 15) is 0 Å². The first kappa shape index (κ1) is 7.59. The summed E-state index contributed by atoms with van der Waals surface area (Å²) in [7, 11) is 0. The van der Waals surface area contributed by atoms with Gasteiger partial charge in [0.05, 0.1) is 12.2 Å². The van der Waals surface area contributed by atoms with E-state index in [4.69, 9.17) is 16.3 Å². The van der Waals surface area contributed by atoms with Gasteiger partial charge in [-0.05, 0) is 13.3 Å². The average Bonchev–Trinajstić information content (AvgIpc) is 2.59. The van der Waals surface area contributed by atoms with E-state index < -0.39 is 0 Å². The van der Waals surface area contributed by atoms with Gasteiger partial charge in [0.2, 0.25) is 0 Å². The second kappa shape index (κ2) is 2.61. The van der Waals surface area contributed by atoms with Crippen molar-refractivity contribution in [2.75, 3.05) is 6.61 Å². The molecule has 1 rings (SSSR count). The van der Waals surface area contributed by atoms with Crippen LogP contribution in [-0.4, -0.2) is 23.4 Å². The smallest absolute Gasteiger partial charge is 0.110 e. The lowest BCUT2D eigenvalue weighted by molar-refractivity contribution is 0.235. The highest BCUT2D eigenvalue weighted by Gasteiger charge is 2.50. The maximum Gasteiger partial charge on any atom is 0.110 e. The Morgan fingerprint density at radius 2 is 2.50 bits per heavy atom. The zero-order chi connectivity index (χ0) is 7.61. The van der Waals surface area contributed by atoms with Gasteiger partial charge in [-0.25, -0.2) is 0 Å². The van der Waals surface area contributed by atoms with Crippen molar-refractivity contribution in [1.29, 1.82) is 0 Å². The molecule has 10 heavy (non-hydrogen) atoms. The molecule has 2 heteroatoms. The first-order valence-electron chi connectivity index (χ1n) is 3.45. The van der Waals surface area contributed by atoms with Crippen LogP contribution < -0.4 is 0 Å². The van der Waals surface area contributed by atoms with Crippen molar-refractivity contribution in [3.8, 4) is 12.3 Å². The fourth-order valence-corrected chi connectivity index (χ4v) is 1.06. The molecule has 1 N–H and O–H groups in total. The number of terminal acetylenes is 1. The van der Waals surface area contributed by atoms with Gasteiger partial charge in [0.15, 0.2) is 0 Å². The summed E-state index contributed by atoms with van der Waals surface area (Å²) in [6.45, 7) is 2.09. The second-order valence-corrected chi connectivity index (χ2v) is 2.81. The molecule has 1 heterocycles. The minimum Gasteiger partial charge on any atom is -0.394 e. The molecular weight excluding hydrogens is 128 g/mol. The predicted octanol–water partition coefficient (Wildman–Crippen LogP) is 0.550. The Bertz CT molecular complexity index is 159. The number of hydrogen-bond donors (Lipinski definition) is 1. The summed E-state index contributed by atoms with van der Waals surface area (Å²) in [5.74, 6) is 2.55. The molecule has 1 fully saturated rings. The monoisotopic (exact) mass is 140 g/mol. The maximum absolute atomic E-state index is 8.66. The molecule has 0 aliphatic carbocycles. The van der Waals surface area contributed by atoms with Gasteiger partial charge in [0, 0.05) is 6.42 Å². The number of aliphatic hydroxyl groups excluding tert-OH is 1. The first-order chi connectivity index (χ1) is 4.73. The molecular formula is C8H12O2. The van der Waals surface area contributed by atoms with Crippen LogP contribution in [0.15, 0.2) is 0 Å². The lowest BCUT2D eigenvalue weighted by Gasteiger charge is -1.99. The van der Waals surface area contributed by atoms with E-state index >= 15 is 0 Å². The molecule has 1 aliphatic rings. The summed E-state index contributed by atoms with van der Waals surface area (Å²) in [5.41, 5.74) is -0.124. The summed E-state index contributed by atoms with van der Waals surface area (Å²) in [5, 5.41) is 8.66. The Kier molecular flexibility index (Phi) is 1.98. The molecule has 1 saturated heterocycles. The minimum atomic E-state index is -0.124. The molecule has 0 aromatic rings. The maximum atomic E-state index is 8.66. The van der Waals surface area contributed by atoms with Crippen LogP contribution in [0.4, 0.5) is 0 Å². The standard InChI is InChI=1S/C8H12O2/c1-3-4-5-8(2)7(6-9)10-8/h1,7,9H,4-6H2,2H3/t7-,8-/m1/s1. The number of ether oxygens (including phenoxy) is 1. The van der Waals surface area contributed by atoms with Gasteiger partial charge >= 0.3 is 0 Å². The van der Waals surface area contributed by atoms with Crippen molar-refractivity contribution < 1.29 is 9.84 Å². The van der Waals surface area contributed by atoms with Gasteiger partial charge in [-0.3, -0.25) is 0 Å². The molecule has 2 nitrogen and oxygen atoms in total. The average molecular weight is 140 g/mol. The molecule has 2 atom stereocenters. The van der Waals surface area contributed by atoms with E-state index in [1.807, 2.05) is 6.92 Å². The van der Waals surface area contributed by atoms with Crippen molar-refractivity contribution >= 4 is 0 Å². The van der Waals surface area contributed by atoms with Crippen LogP contribution in [-0.2, 0) is 4.74 Å². The van der Waals surface area contributed by atoms with Crippen LogP contribution in [0.2, 0.25) is 0 Å². The molecule has 0 radical (unpaired) electrons. The van der Waals surface area contributed by atoms with E-state index in [0.717, 1.165) is 12.8 Å². The number of epoxide rings is 1. The van der Waals surface area contributed by atoms with Crippen molar-refractivity contribution in [3.63, 3.8) is 0 Å². The Morgan fingerprint density at radius 1 is 1.80 bits per heavy atom. The normalized spacial score (nSPS) is 37.1. The zero-order valence-corrected chi connectivity index (χ0v) is 6.13. The van der Waals surface area contributed by atoms with Crippen LogP contribution in [0.3, 0.4) is 0 Å². The minimum absolute atomic E-state index is 0.0286. The molecule has 0 amide bonds. The largest absolute Gasteiger partial charge is 0.394 e. The van der Waals surface area contributed by atoms with Gasteiger partial charge in [-0.2, -0.15) is 0 Å². The zero-order valence-electron chi connectivity index (χ0n) is 6.13. The first-order valence-corrected chi connectivity index (χ1v) is 3.45. The molecule has 0 aromatic heterocycles. The highest BCUT2D eigenvalue weighted by Crippen LogP contribution is 2.39. The SMILES string of the molecule is C#CCC[C@@]1(C)O[C@@H]1CO. The van der Waals surface area contributed by atoms with Gasteiger partial charge in [-0.15, -0.1) is 12.3 Å². The van der Waals surface area contributed by atoms with E-state index in [2.05, 4.69) is 5.92 Å². The van der Waals surface area contributed by atoms with Crippen molar-refractivity contribution in [2.24, 2.45) is 0 Å². The third kappa shape index (κ3) is 1.31. The number of hydrogen-bond acceptors (Lipinski definition) is 2. The Hall–Kier alpha value is -0.520. The topological polar surface area (TPSA) is 32.8 Å². The fraction of sp³-hybridized carbons (Fsp3) is 0.750. The molecule has 0 spiro atoms. The summed E-state index contributed by atoms with van der Waals surface area (Å²) in [6, 6.07) is 0. The van der Waals surface area contributed by atoms with Gasteiger partial charge in [-0.1, -0.05) is 0 Å². The third-order valence-corrected chi connectivity index (χ3v) is 1.97. The van der Waals surface area contributed by atoms with Crippen molar-refractivity contribution in [1.82, 2.24) is 0 Å². The predicted molar refractivity (Wildman–Crippen MR) is 38.4 cm³/mol.